The van der Waals surface area contributed by atoms with E-state index in [9.17, 15) is 9.90 Å². The van der Waals surface area contributed by atoms with E-state index in [0.29, 0.717) is 5.69 Å². The molecule has 0 saturated heterocycles. The summed E-state index contributed by atoms with van der Waals surface area (Å²) in [5.41, 5.74) is 6.46. The van der Waals surface area contributed by atoms with Crippen molar-refractivity contribution in [2.45, 2.75) is 0 Å². The average molecular weight is 292 g/mol. The molecule has 0 bridgehead atoms. The number of hydrogen-bond acceptors (Lipinski definition) is 5. The van der Waals surface area contributed by atoms with Crippen molar-refractivity contribution in [3.05, 3.63) is 40.7 Å². The SMILES string of the molecule is COC(=O)c1c(N)c(C#N)cn1-c1ccc(O)c(Cl)c1. The molecule has 20 heavy (non-hydrogen) atoms. The molecule has 102 valence electrons. The zero-order chi connectivity index (χ0) is 14.9. The zero-order valence-electron chi connectivity index (χ0n) is 10.4. The lowest BCUT2D eigenvalue weighted by Crippen LogP contribution is -2.11. The summed E-state index contributed by atoms with van der Waals surface area (Å²) in [6.45, 7) is 0. The Kier molecular flexibility index (Phi) is 3.55. The molecule has 1 aromatic carbocycles. The maximum atomic E-state index is 11.8. The largest absolute Gasteiger partial charge is 0.506 e. The van der Waals surface area contributed by atoms with E-state index in [1.54, 1.807) is 0 Å². The third-order valence-corrected chi connectivity index (χ3v) is 3.06. The quantitative estimate of drug-likeness (QED) is 0.825. The lowest BCUT2D eigenvalue weighted by Gasteiger charge is -2.09. The topological polar surface area (TPSA) is 101 Å². The highest BCUT2D eigenvalue weighted by Gasteiger charge is 2.21. The number of nitrogens with two attached hydrogens (primary N) is 1. The summed E-state index contributed by atoms with van der Waals surface area (Å²) in [5, 5.41) is 18.5. The van der Waals surface area contributed by atoms with E-state index in [1.165, 1.54) is 36.1 Å². The van der Waals surface area contributed by atoms with Crippen LogP contribution in [-0.2, 0) is 4.74 Å². The van der Waals surface area contributed by atoms with Gasteiger partial charge in [0.25, 0.3) is 0 Å². The summed E-state index contributed by atoms with van der Waals surface area (Å²) in [4.78, 5) is 11.8. The number of halogens is 1. The number of aromatic nitrogens is 1. The third-order valence-electron chi connectivity index (χ3n) is 2.75. The van der Waals surface area contributed by atoms with Crippen LogP contribution in [0.4, 0.5) is 5.69 Å². The smallest absolute Gasteiger partial charge is 0.357 e. The van der Waals surface area contributed by atoms with Crippen molar-refractivity contribution in [2.24, 2.45) is 0 Å². The number of hydrogen-bond donors (Lipinski definition) is 2. The Bertz CT molecular complexity index is 731. The van der Waals surface area contributed by atoms with Gasteiger partial charge >= 0.3 is 5.97 Å². The number of carbonyl (C=O) groups excluding carboxylic acids is 1. The highest BCUT2D eigenvalue weighted by atomic mass is 35.5. The molecule has 6 nitrogen and oxygen atoms in total. The number of esters is 1. The van der Waals surface area contributed by atoms with Gasteiger partial charge in [0.05, 0.1) is 23.4 Å². The number of methoxy groups -OCH3 is 1. The first-order chi connectivity index (χ1) is 9.49. The van der Waals surface area contributed by atoms with Crippen LogP contribution in [0.3, 0.4) is 0 Å². The maximum Gasteiger partial charge on any atom is 0.357 e. The van der Waals surface area contributed by atoms with E-state index in [2.05, 4.69) is 4.74 Å². The molecule has 0 fully saturated rings. The number of ether oxygens (including phenoxy) is 1. The number of rotatable bonds is 2. The second kappa shape index (κ2) is 5.15. The zero-order valence-corrected chi connectivity index (χ0v) is 11.2. The molecule has 0 amide bonds. The second-order valence-corrected chi connectivity index (χ2v) is 4.32. The summed E-state index contributed by atoms with van der Waals surface area (Å²) in [6.07, 6.45) is 1.41. The fraction of sp³-hybridized carbons (Fsp3) is 0.0769. The normalized spacial score (nSPS) is 10.1. The number of phenols is 1. The van der Waals surface area contributed by atoms with Crippen LogP contribution in [0.15, 0.2) is 24.4 Å². The van der Waals surface area contributed by atoms with Crippen LogP contribution in [0.5, 0.6) is 5.75 Å². The van der Waals surface area contributed by atoms with Crippen molar-refractivity contribution in [2.75, 3.05) is 12.8 Å². The first-order valence-electron chi connectivity index (χ1n) is 5.47. The van der Waals surface area contributed by atoms with Crippen LogP contribution >= 0.6 is 11.6 Å². The van der Waals surface area contributed by atoms with E-state index in [-0.39, 0.29) is 27.7 Å². The van der Waals surface area contributed by atoms with Gasteiger partial charge < -0.3 is 20.1 Å². The first-order valence-corrected chi connectivity index (χ1v) is 5.85. The van der Waals surface area contributed by atoms with E-state index in [0.717, 1.165) is 0 Å². The van der Waals surface area contributed by atoms with Gasteiger partial charge in [0, 0.05) is 11.9 Å². The van der Waals surface area contributed by atoms with Gasteiger partial charge in [0.1, 0.15) is 11.8 Å². The third kappa shape index (κ3) is 2.15. The van der Waals surface area contributed by atoms with E-state index in [1.807, 2.05) is 6.07 Å². The van der Waals surface area contributed by atoms with Gasteiger partial charge in [-0.25, -0.2) is 4.79 Å². The monoisotopic (exact) mass is 291 g/mol. The van der Waals surface area contributed by atoms with Crippen LogP contribution in [0.2, 0.25) is 5.02 Å². The van der Waals surface area contributed by atoms with Gasteiger partial charge in [-0.3, -0.25) is 0 Å². The number of anilines is 1. The van der Waals surface area contributed by atoms with E-state index >= 15 is 0 Å². The van der Waals surface area contributed by atoms with E-state index < -0.39 is 5.97 Å². The fourth-order valence-corrected chi connectivity index (χ4v) is 1.94. The molecule has 2 aromatic rings. The molecule has 1 heterocycles. The lowest BCUT2D eigenvalue weighted by molar-refractivity contribution is 0.0593. The van der Waals surface area contributed by atoms with Crippen molar-refractivity contribution in [1.82, 2.24) is 4.57 Å². The van der Waals surface area contributed by atoms with Crippen LogP contribution in [0, 0.1) is 11.3 Å². The van der Waals surface area contributed by atoms with Gasteiger partial charge in [-0.15, -0.1) is 0 Å². The number of benzene rings is 1. The molecular weight excluding hydrogens is 282 g/mol. The minimum absolute atomic E-state index is 0.0311. The van der Waals surface area contributed by atoms with Crippen LogP contribution in [0.25, 0.3) is 5.69 Å². The molecule has 0 aliphatic rings. The molecule has 3 N–H and O–H groups in total. The molecule has 0 aliphatic heterocycles. The van der Waals surface area contributed by atoms with E-state index in [4.69, 9.17) is 22.6 Å². The van der Waals surface area contributed by atoms with Crippen LogP contribution in [0.1, 0.15) is 16.1 Å². The summed E-state index contributed by atoms with van der Waals surface area (Å²) < 4.78 is 6.05. The number of nitriles is 1. The molecule has 0 unspecified atom stereocenters. The van der Waals surface area contributed by atoms with Crippen molar-refractivity contribution in [3.63, 3.8) is 0 Å². The molecule has 0 aliphatic carbocycles. The van der Waals surface area contributed by atoms with Crippen molar-refractivity contribution in [1.29, 1.82) is 5.26 Å². The Balaban J connectivity index is 2.70. The van der Waals surface area contributed by atoms with Gasteiger partial charge in [0.2, 0.25) is 0 Å². The molecule has 0 spiro atoms. The Morgan fingerprint density at radius 2 is 2.25 bits per heavy atom. The summed E-state index contributed by atoms with van der Waals surface area (Å²) in [5.74, 6) is -0.760. The van der Waals surface area contributed by atoms with Crippen molar-refractivity contribution >= 4 is 23.3 Å². The van der Waals surface area contributed by atoms with Crippen LogP contribution in [-0.4, -0.2) is 22.8 Å². The average Bonchev–Trinajstić information content (AvgIpc) is 2.78. The summed E-state index contributed by atoms with van der Waals surface area (Å²) >= 11 is 5.83. The Hall–Kier alpha value is -2.65. The Labute approximate surface area is 119 Å². The number of nitrogen functional groups attached to an aromatic ring is 1. The highest BCUT2D eigenvalue weighted by molar-refractivity contribution is 6.32. The summed E-state index contributed by atoms with van der Waals surface area (Å²) in [7, 11) is 1.22. The van der Waals surface area contributed by atoms with Crippen LogP contribution < -0.4 is 5.73 Å². The highest BCUT2D eigenvalue weighted by Crippen LogP contribution is 2.29. The molecular formula is C13H10ClN3O3. The molecule has 1 aromatic heterocycles. The fourth-order valence-electron chi connectivity index (χ4n) is 1.76. The van der Waals surface area contributed by atoms with Gasteiger partial charge in [-0.2, -0.15) is 5.26 Å². The number of aromatic hydroxyl groups is 1. The predicted octanol–water partition coefficient (Wildman–Crippen LogP) is 2.08. The number of carbonyl (C=O) groups is 1. The summed E-state index contributed by atoms with van der Waals surface area (Å²) in [6, 6.07) is 6.26. The molecule has 7 heteroatoms. The molecule has 2 rings (SSSR count). The molecule has 0 radical (unpaired) electrons. The number of nitrogens with zero attached hydrogens (tertiary/aromatic N) is 2. The lowest BCUT2D eigenvalue weighted by atomic mass is 10.2. The molecule has 0 saturated carbocycles. The first kappa shape index (κ1) is 13.8. The number of phenolic OH excluding ortho intramolecular Hbond substituents is 1. The Morgan fingerprint density at radius 1 is 1.55 bits per heavy atom. The van der Waals surface area contributed by atoms with Gasteiger partial charge in [0.15, 0.2) is 5.69 Å². The van der Waals surface area contributed by atoms with Crippen molar-refractivity contribution < 1.29 is 14.6 Å². The minimum atomic E-state index is -0.673. The van der Waals surface area contributed by atoms with Gasteiger partial charge in [-0.05, 0) is 18.2 Å². The second-order valence-electron chi connectivity index (χ2n) is 3.91. The minimum Gasteiger partial charge on any atom is -0.506 e. The predicted molar refractivity (Wildman–Crippen MR) is 72.9 cm³/mol. The maximum absolute atomic E-state index is 11.8. The van der Waals surface area contributed by atoms with Gasteiger partial charge in [-0.1, -0.05) is 11.6 Å². The van der Waals surface area contributed by atoms with Crippen molar-refractivity contribution in [3.8, 4) is 17.5 Å². The molecule has 0 atom stereocenters. The Morgan fingerprint density at radius 3 is 2.80 bits per heavy atom. The standard InChI is InChI=1S/C13H10ClN3O3/c1-20-13(19)12-11(16)7(5-15)6-17(12)8-2-3-10(18)9(14)4-8/h2-4,6,18H,16H2,1H3.